The number of benzene rings is 2. The van der Waals surface area contributed by atoms with Crippen molar-refractivity contribution in [1.82, 2.24) is 0 Å². The number of carbonyl (C=O) groups excluding carboxylic acids is 2. The van der Waals surface area contributed by atoms with Gasteiger partial charge in [0.25, 0.3) is 5.91 Å². The van der Waals surface area contributed by atoms with Crippen LogP contribution in [0.2, 0.25) is 0 Å². The summed E-state index contributed by atoms with van der Waals surface area (Å²) in [6.45, 7) is 3.29. The maximum atomic E-state index is 12.3. The molecule has 2 aromatic carbocycles. The van der Waals surface area contributed by atoms with Gasteiger partial charge in [-0.05, 0) is 48.9 Å². The Morgan fingerprint density at radius 2 is 1.55 bits per heavy atom. The van der Waals surface area contributed by atoms with E-state index in [4.69, 9.17) is 4.74 Å². The topological polar surface area (TPSA) is 67.4 Å². The molecule has 2 rings (SSSR count). The molecule has 0 radical (unpaired) electrons. The van der Waals surface area contributed by atoms with Crippen LogP contribution in [0, 0.1) is 6.92 Å². The highest BCUT2D eigenvalue weighted by Crippen LogP contribution is 2.24. The SMILES string of the molecule is COc1ccc(C(=O)Nc2cccc(NC(C)=O)c2C)cc1. The highest BCUT2D eigenvalue weighted by molar-refractivity contribution is 6.05. The Hall–Kier alpha value is -2.82. The summed E-state index contributed by atoms with van der Waals surface area (Å²) in [6.07, 6.45) is 0. The summed E-state index contributed by atoms with van der Waals surface area (Å²) in [7, 11) is 1.58. The van der Waals surface area contributed by atoms with Gasteiger partial charge in [0.1, 0.15) is 5.75 Å². The molecule has 22 heavy (non-hydrogen) atoms. The summed E-state index contributed by atoms with van der Waals surface area (Å²) >= 11 is 0. The van der Waals surface area contributed by atoms with E-state index in [1.807, 2.05) is 6.92 Å². The normalized spacial score (nSPS) is 9.95. The van der Waals surface area contributed by atoms with E-state index in [1.54, 1.807) is 49.6 Å². The molecule has 0 atom stereocenters. The molecule has 0 saturated carbocycles. The number of ether oxygens (including phenoxy) is 1. The van der Waals surface area contributed by atoms with E-state index in [0.717, 1.165) is 5.56 Å². The Kier molecular flexibility index (Phi) is 4.78. The summed E-state index contributed by atoms with van der Waals surface area (Å²) in [4.78, 5) is 23.4. The molecular formula is C17H18N2O3. The van der Waals surface area contributed by atoms with E-state index in [-0.39, 0.29) is 11.8 Å². The lowest BCUT2D eigenvalue weighted by Crippen LogP contribution is -2.14. The van der Waals surface area contributed by atoms with Crippen LogP contribution in [-0.4, -0.2) is 18.9 Å². The number of rotatable bonds is 4. The third-order valence-electron chi connectivity index (χ3n) is 3.24. The van der Waals surface area contributed by atoms with Crippen LogP contribution in [-0.2, 0) is 4.79 Å². The second-order valence-corrected chi connectivity index (χ2v) is 4.84. The van der Waals surface area contributed by atoms with Crippen LogP contribution in [0.15, 0.2) is 42.5 Å². The highest BCUT2D eigenvalue weighted by Gasteiger charge is 2.10. The van der Waals surface area contributed by atoms with Gasteiger partial charge in [0.15, 0.2) is 0 Å². The lowest BCUT2D eigenvalue weighted by atomic mass is 10.1. The van der Waals surface area contributed by atoms with Gasteiger partial charge >= 0.3 is 0 Å². The molecule has 5 nitrogen and oxygen atoms in total. The van der Waals surface area contributed by atoms with Crippen LogP contribution in [0.5, 0.6) is 5.75 Å². The van der Waals surface area contributed by atoms with Crippen LogP contribution < -0.4 is 15.4 Å². The minimum absolute atomic E-state index is 0.151. The number of anilines is 2. The molecule has 2 aromatic rings. The molecule has 0 aliphatic heterocycles. The average molecular weight is 298 g/mol. The fraction of sp³-hybridized carbons (Fsp3) is 0.176. The lowest BCUT2D eigenvalue weighted by molar-refractivity contribution is -0.114. The van der Waals surface area contributed by atoms with Crippen LogP contribution in [0.1, 0.15) is 22.8 Å². The zero-order valence-electron chi connectivity index (χ0n) is 12.8. The molecule has 2 N–H and O–H groups in total. The Labute approximate surface area is 129 Å². The van der Waals surface area contributed by atoms with Gasteiger partial charge in [0, 0.05) is 23.9 Å². The molecule has 0 unspecified atom stereocenters. The van der Waals surface area contributed by atoms with Gasteiger partial charge in [-0.1, -0.05) is 6.07 Å². The van der Waals surface area contributed by atoms with Gasteiger partial charge in [0.05, 0.1) is 7.11 Å². The summed E-state index contributed by atoms with van der Waals surface area (Å²) < 4.78 is 5.07. The third-order valence-corrected chi connectivity index (χ3v) is 3.24. The first-order valence-corrected chi connectivity index (χ1v) is 6.84. The van der Waals surface area contributed by atoms with Gasteiger partial charge in [-0.3, -0.25) is 9.59 Å². The number of hydrogen-bond acceptors (Lipinski definition) is 3. The average Bonchev–Trinajstić information content (AvgIpc) is 2.51. The second kappa shape index (κ2) is 6.76. The van der Waals surface area contributed by atoms with Crippen molar-refractivity contribution in [2.24, 2.45) is 0 Å². The van der Waals surface area contributed by atoms with Gasteiger partial charge in [-0.2, -0.15) is 0 Å². The molecule has 0 aliphatic carbocycles. The van der Waals surface area contributed by atoms with Crippen molar-refractivity contribution in [3.8, 4) is 5.75 Å². The van der Waals surface area contributed by atoms with Gasteiger partial charge in [-0.15, -0.1) is 0 Å². The molecule has 5 heteroatoms. The Morgan fingerprint density at radius 1 is 0.955 bits per heavy atom. The van der Waals surface area contributed by atoms with Crippen molar-refractivity contribution in [3.63, 3.8) is 0 Å². The number of hydrogen-bond donors (Lipinski definition) is 2. The Morgan fingerprint density at radius 3 is 2.09 bits per heavy atom. The van der Waals surface area contributed by atoms with Gasteiger partial charge in [-0.25, -0.2) is 0 Å². The molecule has 0 saturated heterocycles. The maximum Gasteiger partial charge on any atom is 0.255 e. The molecule has 0 aromatic heterocycles. The van der Waals surface area contributed by atoms with E-state index in [9.17, 15) is 9.59 Å². The molecule has 0 bridgehead atoms. The minimum Gasteiger partial charge on any atom is -0.497 e. The van der Waals surface area contributed by atoms with Crippen LogP contribution in [0.3, 0.4) is 0 Å². The van der Waals surface area contributed by atoms with Gasteiger partial charge < -0.3 is 15.4 Å². The first-order valence-electron chi connectivity index (χ1n) is 6.84. The largest absolute Gasteiger partial charge is 0.497 e. The second-order valence-electron chi connectivity index (χ2n) is 4.84. The Bertz CT molecular complexity index is 694. The van der Waals surface area contributed by atoms with Crippen molar-refractivity contribution in [2.45, 2.75) is 13.8 Å². The van der Waals surface area contributed by atoms with Crippen molar-refractivity contribution in [1.29, 1.82) is 0 Å². The fourth-order valence-corrected chi connectivity index (χ4v) is 2.03. The number of methoxy groups -OCH3 is 1. The molecule has 0 aliphatic rings. The molecule has 0 fully saturated rings. The van der Waals surface area contributed by atoms with E-state index in [1.165, 1.54) is 6.92 Å². The van der Waals surface area contributed by atoms with E-state index < -0.39 is 0 Å². The smallest absolute Gasteiger partial charge is 0.255 e. The van der Waals surface area contributed by atoms with Crippen molar-refractivity contribution in [3.05, 3.63) is 53.6 Å². The molecule has 0 heterocycles. The predicted octanol–water partition coefficient (Wildman–Crippen LogP) is 3.21. The monoisotopic (exact) mass is 298 g/mol. The van der Waals surface area contributed by atoms with Crippen molar-refractivity contribution < 1.29 is 14.3 Å². The molecular weight excluding hydrogens is 280 g/mol. The first-order chi connectivity index (χ1) is 10.5. The van der Waals surface area contributed by atoms with E-state index in [0.29, 0.717) is 22.7 Å². The Balaban J connectivity index is 2.18. The van der Waals surface area contributed by atoms with Crippen LogP contribution in [0.4, 0.5) is 11.4 Å². The fourth-order valence-electron chi connectivity index (χ4n) is 2.03. The number of nitrogens with one attached hydrogen (secondary N) is 2. The summed E-state index contributed by atoms with van der Waals surface area (Å²) in [5.74, 6) is 0.327. The number of amides is 2. The van der Waals surface area contributed by atoms with E-state index >= 15 is 0 Å². The quantitative estimate of drug-likeness (QED) is 0.910. The summed E-state index contributed by atoms with van der Waals surface area (Å²) in [6, 6.07) is 12.2. The minimum atomic E-state index is -0.217. The molecule has 2 amide bonds. The van der Waals surface area contributed by atoms with Crippen molar-refractivity contribution in [2.75, 3.05) is 17.7 Å². The highest BCUT2D eigenvalue weighted by atomic mass is 16.5. The maximum absolute atomic E-state index is 12.3. The number of carbonyl (C=O) groups is 2. The van der Waals surface area contributed by atoms with Crippen molar-refractivity contribution >= 4 is 23.2 Å². The van der Waals surface area contributed by atoms with Crippen LogP contribution >= 0.6 is 0 Å². The van der Waals surface area contributed by atoms with Crippen LogP contribution in [0.25, 0.3) is 0 Å². The van der Waals surface area contributed by atoms with Gasteiger partial charge in [0.2, 0.25) is 5.91 Å². The zero-order chi connectivity index (χ0) is 16.1. The standard InChI is InChI=1S/C17H18N2O3/c1-11-15(18-12(2)20)5-4-6-16(11)19-17(21)13-7-9-14(22-3)10-8-13/h4-10H,1-3H3,(H,18,20)(H,19,21). The lowest BCUT2D eigenvalue weighted by Gasteiger charge is -2.13. The third kappa shape index (κ3) is 3.63. The molecule has 114 valence electrons. The summed E-state index contributed by atoms with van der Waals surface area (Å²) in [5, 5.41) is 5.58. The molecule has 0 spiro atoms. The zero-order valence-corrected chi connectivity index (χ0v) is 12.8. The van der Waals surface area contributed by atoms with E-state index in [2.05, 4.69) is 10.6 Å². The first kappa shape index (κ1) is 15.6. The summed E-state index contributed by atoms with van der Waals surface area (Å²) in [5.41, 5.74) is 2.68. The predicted molar refractivity (Wildman–Crippen MR) is 86.4 cm³/mol.